The van der Waals surface area contributed by atoms with Crippen LogP contribution in [0.15, 0.2) is 64.0 Å². The Morgan fingerprint density at radius 1 is 1.03 bits per heavy atom. The van der Waals surface area contributed by atoms with E-state index in [-0.39, 0.29) is 12.1 Å². The van der Waals surface area contributed by atoms with Crippen molar-refractivity contribution in [2.45, 2.75) is 38.8 Å². The number of amides is 2. The quantitative estimate of drug-likeness (QED) is 0.291. The molecule has 12 heteroatoms. The van der Waals surface area contributed by atoms with Gasteiger partial charge in [-0.15, -0.1) is 0 Å². The van der Waals surface area contributed by atoms with Crippen LogP contribution in [0.1, 0.15) is 46.6 Å². The second-order valence-corrected chi connectivity index (χ2v) is 9.34. The number of rotatable bonds is 7. The molecule has 0 aliphatic heterocycles. The molecule has 1 aromatic carbocycles. The summed E-state index contributed by atoms with van der Waals surface area (Å²) >= 11 is 0. The van der Waals surface area contributed by atoms with Gasteiger partial charge in [-0.05, 0) is 61.6 Å². The maximum absolute atomic E-state index is 12.5. The highest BCUT2D eigenvalue weighted by atomic mass is 16.4. The normalized spacial score (nSPS) is 14.2. The van der Waals surface area contributed by atoms with Crippen LogP contribution in [-0.4, -0.2) is 42.3 Å². The topological polar surface area (TPSA) is 176 Å². The van der Waals surface area contributed by atoms with E-state index < -0.39 is 35.6 Å². The van der Waals surface area contributed by atoms with E-state index in [1.807, 2.05) is 29.1 Å². The smallest absolute Gasteiger partial charge is 0.335 e. The molecule has 5 rings (SSSR count). The summed E-state index contributed by atoms with van der Waals surface area (Å²) < 4.78 is 2.95. The number of hydrogen-bond donors (Lipinski definition) is 5. The van der Waals surface area contributed by atoms with Crippen LogP contribution in [0.4, 0.5) is 10.5 Å². The number of allylic oxidation sites excluding steroid dienone is 4. The molecule has 3 aromatic rings. The predicted octanol–water partition coefficient (Wildman–Crippen LogP) is 2.48. The maximum atomic E-state index is 12.5. The molecule has 0 saturated heterocycles. The average molecular weight is 532 g/mol. The van der Waals surface area contributed by atoms with Crippen molar-refractivity contribution in [2.75, 3.05) is 5.32 Å². The summed E-state index contributed by atoms with van der Waals surface area (Å²) in [6.45, 7) is -0.381. The molecule has 2 amide bonds. The van der Waals surface area contributed by atoms with Crippen molar-refractivity contribution in [1.29, 1.82) is 0 Å². The number of hydrogen-bond acceptors (Lipinski definition) is 5. The molecule has 5 N–H and O–H groups in total. The fourth-order valence-corrected chi connectivity index (χ4v) is 4.95. The third kappa shape index (κ3) is 5.30. The number of carboxylic acids is 2. The Morgan fingerprint density at radius 3 is 2.59 bits per heavy atom. The lowest BCUT2D eigenvalue weighted by atomic mass is 9.84. The van der Waals surface area contributed by atoms with E-state index >= 15 is 0 Å². The van der Waals surface area contributed by atoms with Crippen molar-refractivity contribution >= 4 is 34.9 Å². The van der Waals surface area contributed by atoms with Crippen molar-refractivity contribution in [3.63, 3.8) is 0 Å². The van der Waals surface area contributed by atoms with Gasteiger partial charge in [-0.2, -0.15) is 0 Å². The van der Waals surface area contributed by atoms with Gasteiger partial charge < -0.3 is 30.4 Å². The Bertz CT molecular complexity index is 1690. The summed E-state index contributed by atoms with van der Waals surface area (Å²) in [6, 6.07) is 7.30. The number of anilines is 1. The van der Waals surface area contributed by atoms with Gasteiger partial charge in [0.1, 0.15) is 6.54 Å². The first kappa shape index (κ1) is 25.5. The first-order chi connectivity index (χ1) is 18.7. The van der Waals surface area contributed by atoms with Crippen molar-refractivity contribution in [3.05, 3.63) is 97.6 Å². The van der Waals surface area contributed by atoms with Gasteiger partial charge in [0.15, 0.2) is 0 Å². The van der Waals surface area contributed by atoms with Crippen molar-refractivity contribution in [1.82, 2.24) is 19.4 Å². The van der Waals surface area contributed by atoms with E-state index in [0.717, 1.165) is 39.8 Å². The second kappa shape index (κ2) is 10.3. The Morgan fingerprint density at radius 2 is 1.82 bits per heavy atom. The van der Waals surface area contributed by atoms with Gasteiger partial charge in [0.2, 0.25) is 0 Å². The Labute approximate surface area is 220 Å². The molecule has 12 nitrogen and oxygen atoms in total. The first-order valence-corrected chi connectivity index (χ1v) is 12.3. The zero-order chi connectivity index (χ0) is 27.7. The number of aromatic amines is 1. The minimum Gasteiger partial charge on any atom is -0.480 e. The highest BCUT2D eigenvalue weighted by Crippen LogP contribution is 2.39. The van der Waals surface area contributed by atoms with E-state index in [4.69, 9.17) is 5.11 Å². The molecule has 0 bridgehead atoms. The number of carboxylic acid groups (broad SMARTS) is 2. The summed E-state index contributed by atoms with van der Waals surface area (Å²) in [5.41, 5.74) is 3.29. The van der Waals surface area contributed by atoms with Gasteiger partial charge in [-0.1, -0.05) is 11.6 Å². The fourth-order valence-electron chi connectivity index (χ4n) is 4.95. The minimum absolute atomic E-state index is 0.0656. The minimum atomic E-state index is -1.21. The zero-order valence-corrected chi connectivity index (χ0v) is 20.7. The number of aromatic carboxylic acids is 1. The lowest BCUT2D eigenvalue weighted by Crippen LogP contribution is -2.41. The number of urea groups is 1. The van der Waals surface area contributed by atoms with Gasteiger partial charge in [0.25, 0.3) is 0 Å². The number of aliphatic carboxylic acids is 1. The molecule has 39 heavy (non-hydrogen) atoms. The van der Waals surface area contributed by atoms with Crippen LogP contribution in [0, 0.1) is 0 Å². The van der Waals surface area contributed by atoms with E-state index in [1.54, 1.807) is 12.1 Å². The number of carbonyl (C=O) groups excluding carboxylic acids is 1. The molecule has 2 aliphatic rings. The van der Waals surface area contributed by atoms with E-state index in [0.29, 0.717) is 29.9 Å². The molecule has 0 unspecified atom stereocenters. The number of aromatic nitrogens is 3. The highest BCUT2D eigenvalue weighted by Gasteiger charge is 2.27. The standard InChI is InChI=1S/C27H25N5O7/c33-22(34)14-32-23-20-11-19(6-4-16(20)5-7-21(23)30-24(35)25(32)36)31-9-8-15(13-31)12-28-27(39)29-18-3-1-2-17(10-18)26(37)38/h1-3,8-11,13H,4-7,12,14H2,(H,30,35)(H,33,34)(H,37,38)(H2,28,29,39). The molecule has 0 spiro atoms. The summed E-state index contributed by atoms with van der Waals surface area (Å²) in [5, 5.41) is 23.8. The number of aryl methyl sites for hydroxylation is 1. The lowest BCUT2D eigenvalue weighted by Gasteiger charge is -2.28. The van der Waals surface area contributed by atoms with Gasteiger partial charge in [0.05, 0.1) is 11.3 Å². The van der Waals surface area contributed by atoms with Gasteiger partial charge in [0, 0.05) is 41.6 Å². The molecule has 0 atom stereocenters. The SMILES string of the molecule is O=C(O)Cn1c2c([nH]c(=O)c1=O)CCC1=C2C=C(n2ccc(CNC(=O)Nc3cccc(C(=O)O)c3)c2)CC1. The van der Waals surface area contributed by atoms with Crippen molar-refractivity contribution in [3.8, 4) is 0 Å². The van der Waals surface area contributed by atoms with Crippen LogP contribution >= 0.6 is 0 Å². The molecular weight excluding hydrogens is 506 g/mol. The summed E-state index contributed by atoms with van der Waals surface area (Å²) in [5.74, 6) is -2.30. The molecule has 2 aliphatic carbocycles. The number of carbonyl (C=O) groups is 3. The summed E-state index contributed by atoms with van der Waals surface area (Å²) in [4.78, 5) is 62.2. The molecule has 0 radical (unpaired) electrons. The van der Waals surface area contributed by atoms with E-state index in [1.165, 1.54) is 12.1 Å². The number of benzene rings is 1. The number of nitrogens with one attached hydrogen (secondary N) is 3. The molecule has 2 aromatic heterocycles. The van der Waals surface area contributed by atoms with Crippen molar-refractivity contribution in [2.24, 2.45) is 0 Å². The van der Waals surface area contributed by atoms with Crippen LogP contribution in [0.25, 0.3) is 11.3 Å². The molecule has 0 fully saturated rings. The summed E-state index contributed by atoms with van der Waals surface area (Å²) in [7, 11) is 0. The number of nitrogens with zero attached hydrogens (tertiary/aromatic N) is 2. The predicted molar refractivity (Wildman–Crippen MR) is 141 cm³/mol. The largest absolute Gasteiger partial charge is 0.480 e. The van der Waals surface area contributed by atoms with Crippen LogP contribution in [0.2, 0.25) is 0 Å². The van der Waals surface area contributed by atoms with E-state index in [2.05, 4.69) is 15.6 Å². The van der Waals surface area contributed by atoms with Gasteiger partial charge in [-0.25, -0.2) is 9.59 Å². The Kier molecular flexibility index (Phi) is 6.75. The third-order valence-corrected chi connectivity index (χ3v) is 6.77. The zero-order valence-electron chi connectivity index (χ0n) is 20.7. The van der Waals surface area contributed by atoms with E-state index in [9.17, 15) is 29.1 Å². The summed E-state index contributed by atoms with van der Waals surface area (Å²) in [6.07, 6.45) is 8.32. The molecule has 2 heterocycles. The second-order valence-electron chi connectivity index (χ2n) is 9.34. The van der Waals surface area contributed by atoms with Crippen LogP contribution in [0.5, 0.6) is 0 Å². The average Bonchev–Trinajstić information content (AvgIpc) is 3.38. The van der Waals surface area contributed by atoms with Gasteiger partial charge >= 0.3 is 29.1 Å². The number of fused-ring (bicyclic) bond motifs is 2. The van der Waals surface area contributed by atoms with Crippen molar-refractivity contribution < 1.29 is 24.6 Å². The van der Waals surface area contributed by atoms with Crippen LogP contribution in [0.3, 0.4) is 0 Å². The first-order valence-electron chi connectivity index (χ1n) is 12.3. The third-order valence-electron chi connectivity index (χ3n) is 6.77. The molecule has 0 saturated carbocycles. The lowest BCUT2D eigenvalue weighted by molar-refractivity contribution is -0.137. The molecular formula is C27H25N5O7. The Balaban J connectivity index is 1.33. The number of H-pyrrole nitrogens is 1. The fraction of sp³-hybridized carbons (Fsp3) is 0.222. The van der Waals surface area contributed by atoms with Crippen LogP contribution < -0.4 is 21.8 Å². The maximum Gasteiger partial charge on any atom is 0.335 e. The van der Waals surface area contributed by atoms with Gasteiger partial charge in [-0.3, -0.25) is 19.0 Å². The molecule has 200 valence electrons. The highest BCUT2D eigenvalue weighted by molar-refractivity contribution is 5.93. The Hall–Kier alpha value is -5.13. The van der Waals surface area contributed by atoms with Crippen LogP contribution in [-0.2, 0) is 24.3 Å². The monoisotopic (exact) mass is 531 g/mol.